The Hall–Kier alpha value is -2.96. The van der Waals surface area contributed by atoms with Gasteiger partial charge in [-0.2, -0.15) is 0 Å². The summed E-state index contributed by atoms with van der Waals surface area (Å²) in [5.74, 6) is -0.143. The van der Waals surface area contributed by atoms with E-state index in [4.69, 9.17) is 0 Å². The van der Waals surface area contributed by atoms with Gasteiger partial charge in [-0.05, 0) is 30.7 Å². The summed E-state index contributed by atoms with van der Waals surface area (Å²) >= 11 is 0. The van der Waals surface area contributed by atoms with E-state index >= 15 is 0 Å². The molecule has 0 fully saturated rings. The standard InChI is InChI=1S/C18H22N4O3/c1-4-5-10-22(2)18-19-11-14(12-20-18)16(23)21-15-8-6-13(7-9-15)17(24)25-3/h6-9,11-12H,4-5,10H2,1-3H3,(H,21,23). The first-order valence-electron chi connectivity index (χ1n) is 8.08. The molecule has 0 saturated heterocycles. The number of nitrogens with zero attached hydrogens (tertiary/aromatic N) is 3. The fourth-order valence-electron chi connectivity index (χ4n) is 2.14. The number of unbranched alkanes of at least 4 members (excludes halogenated alkanes) is 1. The summed E-state index contributed by atoms with van der Waals surface area (Å²) in [5, 5.41) is 2.74. The molecule has 1 amide bonds. The van der Waals surface area contributed by atoms with Crippen LogP contribution < -0.4 is 10.2 Å². The molecule has 0 atom stereocenters. The zero-order valence-electron chi connectivity index (χ0n) is 14.7. The van der Waals surface area contributed by atoms with Gasteiger partial charge in [0.25, 0.3) is 5.91 Å². The molecule has 1 heterocycles. The number of aromatic nitrogens is 2. The van der Waals surface area contributed by atoms with Crippen molar-refractivity contribution in [1.29, 1.82) is 0 Å². The molecule has 1 aromatic carbocycles. The van der Waals surface area contributed by atoms with Crippen LogP contribution in [-0.2, 0) is 4.74 Å². The summed E-state index contributed by atoms with van der Waals surface area (Å²) in [6.07, 6.45) is 5.16. The van der Waals surface area contributed by atoms with Gasteiger partial charge in [0.2, 0.25) is 5.95 Å². The minimum absolute atomic E-state index is 0.312. The number of rotatable bonds is 7. The highest BCUT2D eigenvalue weighted by molar-refractivity contribution is 6.04. The second-order valence-electron chi connectivity index (χ2n) is 5.57. The molecule has 0 radical (unpaired) electrons. The Kier molecular flexibility index (Phi) is 6.45. The van der Waals surface area contributed by atoms with Crippen molar-refractivity contribution in [3.63, 3.8) is 0 Å². The molecule has 0 aliphatic heterocycles. The molecule has 0 aliphatic carbocycles. The first-order valence-corrected chi connectivity index (χ1v) is 8.08. The van der Waals surface area contributed by atoms with Crippen molar-refractivity contribution in [3.05, 3.63) is 47.8 Å². The predicted octanol–water partition coefficient (Wildman–Crippen LogP) is 2.75. The number of amides is 1. The molecule has 1 aromatic heterocycles. The number of benzene rings is 1. The Balaban J connectivity index is 1.99. The third-order valence-electron chi connectivity index (χ3n) is 3.65. The number of hydrogen-bond donors (Lipinski definition) is 1. The van der Waals surface area contributed by atoms with Gasteiger partial charge in [0.15, 0.2) is 0 Å². The Labute approximate surface area is 147 Å². The highest BCUT2D eigenvalue weighted by atomic mass is 16.5. The molecule has 2 rings (SSSR count). The van der Waals surface area contributed by atoms with Crippen LogP contribution in [0.4, 0.5) is 11.6 Å². The fourth-order valence-corrected chi connectivity index (χ4v) is 2.14. The Morgan fingerprint density at radius 3 is 2.32 bits per heavy atom. The highest BCUT2D eigenvalue weighted by Crippen LogP contribution is 2.13. The van der Waals surface area contributed by atoms with Crippen LogP contribution in [-0.4, -0.2) is 42.5 Å². The average molecular weight is 342 g/mol. The van der Waals surface area contributed by atoms with Gasteiger partial charge in [-0.3, -0.25) is 4.79 Å². The van der Waals surface area contributed by atoms with E-state index in [9.17, 15) is 9.59 Å². The van der Waals surface area contributed by atoms with Gasteiger partial charge in [-0.15, -0.1) is 0 Å². The summed E-state index contributed by atoms with van der Waals surface area (Å²) in [6, 6.07) is 6.45. The minimum Gasteiger partial charge on any atom is -0.465 e. The summed E-state index contributed by atoms with van der Waals surface area (Å²) in [6.45, 7) is 2.99. The van der Waals surface area contributed by atoms with Gasteiger partial charge in [0.05, 0.1) is 18.2 Å². The van der Waals surface area contributed by atoms with Crippen molar-refractivity contribution < 1.29 is 14.3 Å². The van der Waals surface area contributed by atoms with Gasteiger partial charge in [-0.1, -0.05) is 13.3 Å². The first kappa shape index (κ1) is 18.4. The third-order valence-corrected chi connectivity index (χ3v) is 3.65. The number of hydrogen-bond acceptors (Lipinski definition) is 6. The zero-order valence-corrected chi connectivity index (χ0v) is 14.7. The van der Waals surface area contributed by atoms with E-state index in [2.05, 4.69) is 26.9 Å². The SMILES string of the molecule is CCCCN(C)c1ncc(C(=O)Nc2ccc(C(=O)OC)cc2)cn1. The van der Waals surface area contributed by atoms with Crippen LogP contribution in [0.5, 0.6) is 0 Å². The predicted molar refractivity (Wildman–Crippen MR) is 95.9 cm³/mol. The van der Waals surface area contributed by atoms with Gasteiger partial charge in [0, 0.05) is 31.7 Å². The van der Waals surface area contributed by atoms with Crippen molar-refractivity contribution in [2.75, 3.05) is 30.9 Å². The van der Waals surface area contributed by atoms with Crippen molar-refractivity contribution in [2.24, 2.45) is 0 Å². The normalized spacial score (nSPS) is 10.2. The lowest BCUT2D eigenvalue weighted by atomic mass is 10.2. The van der Waals surface area contributed by atoms with E-state index in [1.54, 1.807) is 24.3 Å². The summed E-state index contributed by atoms with van der Waals surface area (Å²) in [7, 11) is 3.25. The number of anilines is 2. The molecule has 0 bridgehead atoms. The number of carbonyl (C=O) groups excluding carboxylic acids is 2. The number of carbonyl (C=O) groups is 2. The van der Waals surface area contributed by atoms with Crippen molar-refractivity contribution in [2.45, 2.75) is 19.8 Å². The average Bonchev–Trinajstić information content (AvgIpc) is 2.66. The maximum atomic E-state index is 12.2. The molecule has 0 saturated carbocycles. The number of ether oxygens (including phenoxy) is 1. The monoisotopic (exact) mass is 342 g/mol. The lowest BCUT2D eigenvalue weighted by Crippen LogP contribution is -2.21. The lowest BCUT2D eigenvalue weighted by Gasteiger charge is -2.16. The fraction of sp³-hybridized carbons (Fsp3) is 0.333. The first-order chi connectivity index (χ1) is 12.0. The largest absolute Gasteiger partial charge is 0.465 e. The highest BCUT2D eigenvalue weighted by Gasteiger charge is 2.10. The Bertz CT molecular complexity index is 714. The van der Waals surface area contributed by atoms with Gasteiger partial charge in [0.1, 0.15) is 0 Å². The van der Waals surface area contributed by atoms with E-state index in [1.807, 2.05) is 11.9 Å². The quantitative estimate of drug-likeness (QED) is 0.779. The maximum Gasteiger partial charge on any atom is 0.337 e. The molecule has 7 heteroatoms. The van der Waals surface area contributed by atoms with Crippen molar-refractivity contribution >= 4 is 23.5 Å². The minimum atomic E-state index is -0.422. The van der Waals surface area contributed by atoms with E-state index in [-0.39, 0.29) is 5.91 Å². The molecule has 132 valence electrons. The molecule has 0 unspecified atom stereocenters. The summed E-state index contributed by atoms with van der Waals surface area (Å²) < 4.78 is 4.63. The van der Waals surface area contributed by atoms with Crippen LogP contribution >= 0.6 is 0 Å². The van der Waals surface area contributed by atoms with Crippen LogP contribution in [0, 0.1) is 0 Å². The third kappa shape index (κ3) is 5.00. The Morgan fingerprint density at radius 1 is 1.12 bits per heavy atom. The molecule has 0 aliphatic rings. The second-order valence-corrected chi connectivity index (χ2v) is 5.57. The number of methoxy groups -OCH3 is 1. The van der Waals surface area contributed by atoms with Crippen LogP contribution in [0.1, 0.15) is 40.5 Å². The Morgan fingerprint density at radius 2 is 1.76 bits per heavy atom. The number of nitrogens with one attached hydrogen (secondary N) is 1. The van der Waals surface area contributed by atoms with Crippen LogP contribution in [0.3, 0.4) is 0 Å². The summed E-state index contributed by atoms with van der Waals surface area (Å²) in [5.41, 5.74) is 1.36. The van der Waals surface area contributed by atoms with Crippen molar-refractivity contribution in [3.8, 4) is 0 Å². The molecule has 25 heavy (non-hydrogen) atoms. The maximum absolute atomic E-state index is 12.2. The van der Waals surface area contributed by atoms with E-state index in [0.717, 1.165) is 19.4 Å². The van der Waals surface area contributed by atoms with Crippen LogP contribution in [0.15, 0.2) is 36.7 Å². The van der Waals surface area contributed by atoms with Gasteiger partial charge in [-0.25, -0.2) is 14.8 Å². The molecule has 7 nitrogen and oxygen atoms in total. The molecule has 2 aromatic rings. The smallest absolute Gasteiger partial charge is 0.337 e. The van der Waals surface area contributed by atoms with E-state index < -0.39 is 5.97 Å². The summed E-state index contributed by atoms with van der Waals surface area (Å²) in [4.78, 5) is 34.1. The van der Waals surface area contributed by atoms with E-state index in [1.165, 1.54) is 19.5 Å². The van der Waals surface area contributed by atoms with Crippen LogP contribution in [0.25, 0.3) is 0 Å². The van der Waals surface area contributed by atoms with Gasteiger partial charge < -0.3 is 15.0 Å². The van der Waals surface area contributed by atoms with Gasteiger partial charge >= 0.3 is 5.97 Å². The topological polar surface area (TPSA) is 84.4 Å². The number of esters is 1. The lowest BCUT2D eigenvalue weighted by molar-refractivity contribution is 0.0600. The van der Waals surface area contributed by atoms with E-state index in [0.29, 0.717) is 22.8 Å². The molecular formula is C18H22N4O3. The molecular weight excluding hydrogens is 320 g/mol. The zero-order chi connectivity index (χ0) is 18.2. The van der Waals surface area contributed by atoms with Crippen LogP contribution in [0.2, 0.25) is 0 Å². The van der Waals surface area contributed by atoms with Crippen molar-refractivity contribution in [1.82, 2.24) is 9.97 Å². The molecule has 0 spiro atoms. The second kappa shape index (κ2) is 8.77. The molecule has 1 N–H and O–H groups in total.